The fourth-order valence-electron chi connectivity index (χ4n) is 3.09. The third-order valence-electron chi connectivity index (χ3n) is 4.52. The molecule has 0 spiro atoms. The summed E-state index contributed by atoms with van der Waals surface area (Å²) in [6, 6.07) is 8.52. The van der Waals surface area contributed by atoms with Crippen molar-refractivity contribution in [2.75, 3.05) is 28.1 Å². The van der Waals surface area contributed by atoms with Crippen molar-refractivity contribution in [3.05, 3.63) is 40.7 Å². The standard InChI is InChI=1S/C20H18N2O7S/c1-25-13-6-4-5-11(18(13)27-3)19(24)21-20-22(9-17(23)26-2)12-7-14-15(29-10-28-14)8-16(12)30-20/h4-8H,9-10H2,1-3H3. The smallest absolute Gasteiger partial charge is 0.325 e. The van der Waals surface area contributed by atoms with Gasteiger partial charge in [-0.1, -0.05) is 17.4 Å². The number of para-hydroxylation sites is 1. The summed E-state index contributed by atoms with van der Waals surface area (Å²) >= 11 is 1.25. The third-order valence-corrected chi connectivity index (χ3v) is 5.56. The van der Waals surface area contributed by atoms with Crippen molar-refractivity contribution in [3.63, 3.8) is 0 Å². The van der Waals surface area contributed by atoms with E-state index < -0.39 is 11.9 Å². The van der Waals surface area contributed by atoms with E-state index in [9.17, 15) is 9.59 Å². The molecule has 3 aromatic rings. The summed E-state index contributed by atoms with van der Waals surface area (Å²) < 4.78 is 28.6. The highest BCUT2D eigenvalue weighted by Crippen LogP contribution is 2.37. The number of rotatable bonds is 5. The minimum Gasteiger partial charge on any atom is -0.493 e. The van der Waals surface area contributed by atoms with E-state index in [4.69, 9.17) is 23.7 Å². The van der Waals surface area contributed by atoms with Crippen LogP contribution < -0.4 is 23.7 Å². The van der Waals surface area contributed by atoms with E-state index in [1.54, 1.807) is 34.9 Å². The number of benzene rings is 2. The Morgan fingerprint density at radius 1 is 1.13 bits per heavy atom. The van der Waals surface area contributed by atoms with Crippen LogP contribution in [0.1, 0.15) is 10.4 Å². The molecule has 0 N–H and O–H groups in total. The molecule has 0 saturated carbocycles. The minimum absolute atomic E-state index is 0.114. The molecule has 1 aliphatic rings. The molecule has 0 atom stereocenters. The Labute approximate surface area is 175 Å². The summed E-state index contributed by atoms with van der Waals surface area (Å²) in [5.74, 6) is 0.863. The number of nitrogens with zero attached hydrogens (tertiary/aromatic N) is 2. The number of fused-ring (bicyclic) bond motifs is 2. The quantitative estimate of drug-likeness (QED) is 0.573. The van der Waals surface area contributed by atoms with Crippen molar-refractivity contribution in [3.8, 4) is 23.0 Å². The molecule has 2 heterocycles. The number of carbonyl (C=O) groups is 2. The lowest BCUT2D eigenvalue weighted by Gasteiger charge is -2.10. The van der Waals surface area contributed by atoms with E-state index in [1.807, 2.05) is 0 Å². The van der Waals surface area contributed by atoms with Crippen molar-refractivity contribution >= 4 is 33.4 Å². The van der Waals surface area contributed by atoms with Gasteiger partial charge in [-0.25, -0.2) is 0 Å². The maximum atomic E-state index is 13.0. The van der Waals surface area contributed by atoms with Crippen LogP contribution in [0.25, 0.3) is 10.2 Å². The Hall–Kier alpha value is -3.53. The highest BCUT2D eigenvalue weighted by Gasteiger charge is 2.20. The Balaban J connectivity index is 1.87. The normalized spacial score (nSPS) is 12.8. The molecule has 30 heavy (non-hydrogen) atoms. The van der Waals surface area contributed by atoms with Crippen LogP contribution in [0.3, 0.4) is 0 Å². The number of thiazole rings is 1. The summed E-state index contributed by atoms with van der Waals surface area (Å²) in [5, 5.41) is 0. The van der Waals surface area contributed by atoms with Crippen LogP contribution in [0.2, 0.25) is 0 Å². The van der Waals surface area contributed by atoms with E-state index >= 15 is 0 Å². The van der Waals surface area contributed by atoms with Crippen LogP contribution in [0.4, 0.5) is 0 Å². The van der Waals surface area contributed by atoms with Crippen molar-refractivity contribution in [2.24, 2.45) is 4.99 Å². The van der Waals surface area contributed by atoms with Gasteiger partial charge in [-0.15, -0.1) is 0 Å². The summed E-state index contributed by atoms with van der Waals surface area (Å²) in [5.41, 5.74) is 0.923. The molecule has 10 heteroatoms. The van der Waals surface area contributed by atoms with Gasteiger partial charge in [-0.05, 0) is 12.1 Å². The van der Waals surface area contributed by atoms with Gasteiger partial charge in [0.25, 0.3) is 5.91 Å². The Bertz CT molecular complexity index is 1210. The first-order valence-electron chi connectivity index (χ1n) is 8.85. The number of hydrogen-bond donors (Lipinski definition) is 0. The monoisotopic (exact) mass is 430 g/mol. The summed E-state index contributed by atoms with van der Waals surface area (Å²) in [4.78, 5) is 29.6. The molecule has 4 rings (SSSR count). The van der Waals surface area contributed by atoms with Crippen LogP contribution in [0.15, 0.2) is 35.3 Å². The number of carbonyl (C=O) groups excluding carboxylic acids is 2. The van der Waals surface area contributed by atoms with Crippen LogP contribution >= 0.6 is 11.3 Å². The molecule has 1 aliphatic heterocycles. The van der Waals surface area contributed by atoms with Crippen molar-refractivity contribution in [1.29, 1.82) is 0 Å². The average Bonchev–Trinajstić information content (AvgIpc) is 3.35. The lowest BCUT2D eigenvalue weighted by Crippen LogP contribution is -2.22. The predicted octanol–water partition coefficient (Wildman–Crippen LogP) is 2.36. The molecule has 1 amide bonds. The van der Waals surface area contributed by atoms with Gasteiger partial charge in [0, 0.05) is 12.1 Å². The highest BCUT2D eigenvalue weighted by molar-refractivity contribution is 7.16. The molecule has 0 saturated heterocycles. The third kappa shape index (κ3) is 3.45. The maximum Gasteiger partial charge on any atom is 0.325 e. The Morgan fingerprint density at radius 2 is 1.90 bits per heavy atom. The molecule has 0 radical (unpaired) electrons. The molecule has 2 aromatic carbocycles. The zero-order chi connectivity index (χ0) is 21.3. The molecule has 9 nitrogen and oxygen atoms in total. The van der Waals surface area contributed by atoms with Crippen molar-refractivity contribution < 1.29 is 33.3 Å². The van der Waals surface area contributed by atoms with E-state index in [-0.39, 0.29) is 24.7 Å². The fourth-order valence-corrected chi connectivity index (χ4v) is 4.13. The van der Waals surface area contributed by atoms with Crippen LogP contribution in [0.5, 0.6) is 23.0 Å². The van der Waals surface area contributed by atoms with Crippen LogP contribution in [-0.4, -0.2) is 44.6 Å². The SMILES string of the molecule is COC(=O)Cn1c(=NC(=O)c2cccc(OC)c2OC)sc2cc3c(cc21)OCO3. The number of esters is 1. The molecular weight excluding hydrogens is 412 g/mol. The van der Waals surface area contributed by atoms with Gasteiger partial charge < -0.3 is 28.3 Å². The fraction of sp³-hybridized carbons (Fsp3) is 0.250. The summed E-state index contributed by atoms with van der Waals surface area (Å²) in [6.07, 6.45) is 0. The van der Waals surface area contributed by atoms with E-state index in [1.165, 1.54) is 32.7 Å². The topological polar surface area (TPSA) is 97.6 Å². The molecule has 1 aromatic heterocycles. The molecule has 0 unspecified atom stereocenters. The zero-order valence-corrected chi connectivity index (χ0v) is 17.3. The van der Waals surface area contributed by atoms with E-state index in [0.29, 0.717) is 27.6 Å². The minimum atomic E-state index is -0.532. The molecule has 0 aliphatic carbocycles. The first-order chi connectivity index (χ1) is 14.5. The van der Waals surface area contributed by atoms with Crippen LogP contribution in [-0.2, 0) is 16.1 Å². The van der Waals surface area contributed by atoms with Gasteiger partial charge in [0.1, 0.15) is 6.54 Å². The number of ether oxygens (including phenoxy) is 5. The first-order valence-corrected chi connectivity index (χ1v) is 9.67. The average molecular weight is 430 g/mol. The second-order valence-electron chi connectivity index (χ2n) is 6.18. The number of aromatic nitrogens is 1. The molecule has 156 valence electrons. The van der Waals surface area contributed by atoms with Gasteiger partial charge >= 0.3 is 5.97 Å². The second-order valence-corrected chi connectivity index (χ2v) is 7.19. The lowest BCUT2D eigenvalue weighted by atomic mass is 10.2. The van der Waals surface area contributed by atoms with Gasteiger partial charge in [-0.3, -0.25) is 9.59 Å². The maximum absolute atomic E-state index is 13.0. The van der Waals surface area contributed by atoms with Crippen molar-refractivity contribution in [1.82, 2.24) is 4.57 Å². The zero-order valence-electron chi connectivity index (χ0n) is 16.5. The van der Waals surface area contributed by atoms with Gasteiger partial charge in [0.15, 0.2) is 27.8 Å². The predicted molar refractivity (Wildman–Crippen MR) is 107 cm³/mol. The van der Waals surface area contributed by atoms with E-state index in [2.05, 4.69) is 4.99 Å². The lowest BCUT2D eigenvalue weighted by molar-refractivity contribution is -0.141. The highest BCUT2D eigenvalue weighted by atomic mass is 32.1. The van der Waals surface area contributed by atoms with Crippen LogP contribution in [0, 0.1) is 0 Å². The molecule has 0 bridgehead atoms. The summed E-state index contributed by atoms with van der Waals surface area (Å²) in [6.45, 7) is 0.0203. The molecular formula is C20H18N2O7S. The number of methoxy groups -OCH3 is 3. The van der Waals surface area contributed by atoms with Gasteiger partial charge in [0.05, 0.1) is 37.1 Å². The number of amides is 1. The van der Waals surface area contributed by atoms with E-state index in [0.717, 1.165) is 4.70 Å². The molecule has 0 fully saturated rings. The first kappa shape index (κ1) is 19.8. The summed E-state index contributed by atoms with van der Waals surface area (Å²) in [7, 11) is 4.24. The van der Waals surface area contributed by atoms with Gasteiger partial charge in [0.2, 0.25) is 6.79 Å². The van der Waals surface area contributed by atoms with Crippen molar-refractivity contribution in [2.45, 2.75) is 6.54 Å². The second kappa shape index (κ2) is 8.07. The largest absolute Gasteiger partial charge is 0.493 e. The Kier molecular flexibility index (Phi) is 5.32. The Morgan fingerprint density at radius 3 is 2.60 bits per heavy atom. The number of hydrogen-bond acceptors (Lipinski definition) is 8. The van der Waals surface area contributed by atoms with Gasteiger partial charge in [-0.2, -0.15) is 4.99 Å².